The zero-order chi connectivity index (χ0) is 10.2. The van der Waals surface area contributed by atoms with E-state index in [4.69, 9.17) is 10.7 Å². The van der Waals surface area contributed by atoms with E-state index in [1.54, 1.807) is 0 Å². The molecule has 0 N–H and O–H groups in total. The number of halogens is 1. The lowest BCUT2D eigenvalue weighted by molar-refractivity contribution is -0.128. The van der Waals surface area contributed by atoms with Crippen molar-refractivity contribution in [3.63, 3.8) is 0 Å². The van der Waals surface area contributed by atoms with Crippen LogP contribution in [0.4, 0.5) is 0 Å². The van der Waals surface area contributed by atoms with Crippen molar-refractivity contribution in [1.82, 2.24) is 4.90 Å². The molecule has 1 unspecified atom stereocenters. The molecule has 0 bridgehead atoms. The fourth-order valence-corrected chi connectivity index (χ4v) is 2.71. The summed E-state index contributed by atoms with van der Waals surface area (Å²) >= 11 is 0. The van der Waals surface area contributed by atoms with Gasteiger partial charge in [-0.05, 0) is 20.3 Å². The van der Waals surface area contributed by atoms with E-state index >= 15 is 0 Å². The fraction of sp³-hybridized carbons (Fsp3) is 0.857. The Morgan fingerprint density at radius 3 is 2.31 bits per heavy atom. The number of hydrogen-bond acceptors (Lipinski definition) is 3. The third kappa shape index (κ3) is 2.14. The topological polar surface area (TPSA) is 54.5 Å². The van der Waals surface area contributed by atoms with Gasteiger partial charge in [0, 0.05) is 23.3 Å². The maximum Gasteiger partial charge on any atom is 0.244 e. The summed E-state index contributed by atoms with van der Waals surface area (Å²) in [6.07, 6.45) is 0.308. The standard InChI is InChI=1S/C7H12ClNO3S/c1-5(2)9-4-3-6(7(9)10)13(8,11)12/h5-6H,3-4H2,1-2H3. The summed E-state index contributed by atoms with van der Waals surface area (Å²) in [4.78, 5) is 13.0. The monoisotopic (exact) mass is 225 g/mol. The van der Waals surface area contributed by atoms with Gasteiger partial charge in [0.25, 0.3) is 0 Å². The molecule has 0 spiro atoms. The lowest BCUT2D eigenvalue weighted by Crippen LogP contribution is -2.36. The SMILES string of the molecule is CC(C)N1CCC(S(=O)(=O)Cl)C1=O. The second-order valence-corrected chi connectivity index (χ2v) is 6.19. The Balaban J connectivity index is 2.84. The zero-order valence-electron chi connectivity index (χ0n) is 7.53. The largest absolute Gasteiger partial charge is 0.339 e. The van der Waals surface area contributed by atoms with Gasteiger partial charge in [0.15, 0.2) is 5.25 Å². The number of hydrogen-bond donors (Lipinski definition) is 0. The second kappa shape index (κ2) is 3.46. The number of likely N-dealkylation sites (tertiary alicyclic amines) is 1. The van der Waals surface area contributed by atoms with Crippen LogP contribution in [0.1, 0.15) is 20.3 Å². The summed E-state index contributed by atoms with van der Waals surface area (Å²) in [5.74, 6) is -0.370. The van der Waals surface area contributed by atoms with Gasteiger partial charge in [-0.3, -0.25) is 4.79 Å². The molecule has 0 aliphatic carbocycles. The Hall–Kier alpha value is -0.290. The highest BCUT2D eigenvalue weighted by atomic mass is 35.7. The zero-order valence-corrected chi connectivity index (χ0v) is 9.10. The molecule has 1 saturated heterocycles. The summed E-state index contributed by atoms with van der Waals surface area (Å²) in [6, 6.07) is 0.0379. The maximum absolute atomic E-state index is 11.5. The molecule has 1 fully saturated rings. The van der Waals surface area contributed by atoms with Crippen LogP contribution in [0.25, 0.3) is 0 Å². The third-order valence-electron chi connectivity index (χ3n) is 2.15. The molecule has 1 atom stereocenters. The Bertz CT molecular complexity index is 312. The predicted molar refractivity (Wildman–Crippen MR) is 50.0 cm³/mol. The van der Waals surface area contributed by atoms with Crippen LogP contribution in [0.5, 0.6) is 0 Å². The van der Waals surface area contributed by atoms with Crippen LogP contribution < -0.4 is 0 Å². The van der Waals surface area contributed by atoms with Gasteiger partial charge in [-0.25, -0.2) is 8.42 Å². The summed E-state index contributed by atoms with van der Waals surface area (Å²) in [5, 5.41) is -1.03. The molecular weight excluding hydrogens is 214 g/mol. The van der Waals surface area contributed by atoms with Crippen molar-refractivity contribution in [1.29, 1.82) is 0 Å². The summed E-state index contributed by atoms with van der Waals surface area (Å²) in [5.41, 5.74) is 0. The first-order valence-electron chi connectivity index (χ1n) is 4.08. The van der Waals surface area contributed by atoms with Crippen LogP contribution in [-0.4, -0.2) is 37.1 Å². The molecule has 0 aromatic heterocycles. The molecule has 1 heterocycles. The van der Waals surface area contributed by atoms with Crippen LogP contribution >= 0.6 is 10.7 Å². The second-order valence-electron chi connectivity index (χ2n) is 3.38. The first-order chi connectivity index (χ1) is 5.84. The molecule has 0 radical (unpaired) electrons. The normalized spacial score (nSPS) is 24.5. The van der Waals surface area contributed by atoms with Crippen molar-refractivity contribution in [2.24, 2.45) is 0 Å². The minimum atomic E-state index is -3.74. The molecule has 1 aliphatic rings. The van der Waals surface area contributed by atoms with Crippen LogP contribution in [0.15, 0.2) is 0 Å². The minimum Gasteiger partial charge on any atom is -0.339 e. The van der Waals surface area contributed by atoms with E-state index in [1.807, 2.05) is 13.8 Å². The van der Waals surface area contributed by atoms with Gasteiger partial charge >= 0.3 is 0 Å². The Labute approximate surface area is 82.3 Å². The molecule has 1 amide bonds. The van der Waals surface area contributed by atoms with E-state index < -0.39 is 14.3 Å². The van der Waals surface area contributed by atoms with Gasteiger partial charge in [-0.1, -0.05) is 0 Å². The van der Waals surface area contributed by atoms with Crippen molar-refractivity contribution >= 4 is 25.6 Å². The van der Waals surface area contributed by atoms with Gasteiger partial charge in [0.05, 0.1) is 0 Å². The molecule has 6 heteroatoms. The highest BCUT2D eigenvalue weighted by molar-refractivity contribution is 8.14. The number of carbonyl (C=O) groups excluding carboxylic acids is 1. The Kier molecular flexibility index (Phi) is 2.87. The fourth-order valence-electron chi connectivity index (χ4n) is 1.45. The van der Waals surface area contributed by atoms with Crippen molar-refractivity contribution < 1.29 is 13.2 Å². The number of carbonyl (C=O) groups is 1. The van der Waals surface area contributed by atoms with Crippen LogP contribution in [0, 0.1) is 0 Å². The highest BCUT2D eigenvalue weighted by Gasteiger charge is 2.40. The van der Waals surface area contributed by atoms with Crippen LogP contribution in [0.3, 0.4) is 0 Å². The maximum atomic E-state index is 11.5. The van der Waals surface area contributed by atoms with E-state index in [-0.39, 0.29) is 11.9 Å². The number of amides is 1. The summed E-state index contributed by atoms with van der Waals surface area (Å²) in [7, 11) is 1.39. The smallest absolute Gasteiger partial charge is 0.244 e. The average Bonchev–Trinajstić information content (AvgIpc) is 2.28. The van der Waals surface area contributed by atoms with E-state index in [1.165, 1.54) is 4.90 Å². The average molecular weight is 226 g/mol. The molecule has 76 valence electrons. The summed E-state index contributed by atoms with van der Waals surface area (Å²) < 4.78 is 21.9. The van der Waals surface area contributed by atoms with E-state index in [9.17, 15) is 13.2 Å². The quantitative estimate of drug-likeness (QED) is 0.646. The van der Waals surface area contributed by atoms with Gasteiger partial charge in [-0.2, -0.15) is 0 Å². The molecule has 13 heavy (non-hydrogen) atoms. The Morgan fingerprint density at radius 2 is 2.08 bits per heavy atom. The molecule has 0 saturated carbocycles. The lowest BCUT2D eigenvalue weighted by Gasteiger charge is -2.20. The van der Waals surface area contributed by atoms with Crippen molar-refractivity contribution in [2.45, 2.75) is 31.6 Å². The van der Waals surface area contributed by atoms with Crippen LogP contribution in [0.2, 0.25) is 0 Å². The molecule has 1 rings (SSSR count). The number of nitrogens with zero attached hydrogens (tertiary/aromatic N) is 1. The Morgan fingerprint density at radius 1 is 1.54 bits per heavy atom. The van der Waals surface area contributed by atoms with Gasteiger partial charge < -0.3 is 4.90 Å². The first-order valence-corrected chi connectivity index (χ1v) is 6.45. The van der Waals surface area contributed by atoms with Crippen molar-refractivity contribution in [2.75, 3.05) is 6.54 Å². The molecule has 4 nitrogen and oxygen atoms in total. The minimum absolute atomic E-state index is 0.0379. The molecule has 0 aromatic rings. The first kappa shape index (κ1) is 10.8. The third-order valence-corrected chi connectivity index (χ3v) is 3.92. The summed E-state index contributed by atoms with van der Waals surface area (Å²) in [6.45, 7) is 4.18. The van der Waals surface area contributed by atoms with E-state index in [0.717, 1.165) is 0 Å². The van der Waals surface area contributed by atoms with Crippen LogP contribution in [-0.2, 0) is 13.8 Å². The van der Waals surface area contributed by atoms with Crippen molar-refractivity contribution in [3.8, 4) is 0 Å². The van der Waals surface area contributed by atoms with Crippen molar-refractivity contribution in [3.05, 3.63) is 0 Å². The van der Waals surface area contributed by atoms with Gasteiger partial charge in [0.1, 0.15) is 0 Å². The number of rotatable bonds is 2. The molecule has 0 aromatic carbocycles. The van der Waals surface area contributed by atoms with Gasteiger partial charge in [0.2, 0.25) is 15.0 Å². The van der Waals surface area contributed by atoms with E-state index in [2.05, 4.69) is 0 Å². The molecular formula is C7H12ClNO3S. The molecule has 1 aliphatic heterocycles. The lowest BCUT2D eigenvalue weighted by atomic mass is 10.3. The highest BCUT2D eigenvalue weighted by Crippen LogP contribution is 2.22. The van der Waals surface area contributed by atoms with E-state index in [0.29, 0.717) is 13.0 Å². The predicted octanol–water partition coefficient (Wildman–Crippen LogP) is 0.564. The van der Waals surface area contributed by atoms with Gasteiger partial charge in [-0.15, -0.1) is 0 Å².